The van der Waals surface area contributed by atoms with Crippen LogP contribution in [0.5, 0.6) is 11.5 Å². The van der Waals surface area contributed by atoms with Gasteiger partial charge in [0.25, 0.3) is 0 Å². The van der Waals surface area contributed by atoms with E-state index in [0.29, 0.717) is 30.1 Å². The summed E-state index contributed by atoms with van der Waals surface area (Å²) in [4.78, 5) is 27.5. The zero-order valence-electron chi connectivity index (χ0n) is 18.8. The Kier molecular flexibility index (Phi) is 6.84. The molecule has 0 bridgehead atoms. The van der Waals surface area contributed by atoms with Crippen molar-refractivity contribution < 1.29 is 29.3 Å². The van der Waals surface area contributed by atoms with E-state index in [2.05, 4.69) is 0 Å². The fraction of sp³-hybridized carbons (Fsp3) is 0.360. The Morgan fingerprint density at radius 1 is 1.26 bits per heavy atom. The lowest BCUT2D eigenvalue weighted by Gasteiger charge is -2.37. The predicted octanol–water partition coefficient (Wildman–Crippen LogP) is 3.48. The van der Waals surface area contributed by atoms with Crippen LogP contribution in [0.25, 0.3) is 22.3 Å². The van der Waals surface area contributed by atoms with Crippen LogP contribution in [0.15, 0.2) is 45.6 Å². The summed E-state index contributed by atoms with van der Waals surface area (Å²) >= 11 is 6.31. The van der Waals surface area contributed by atoms with Crippen LogP contribution in [-0.4, -0.2) is 59.0 Å². The number of carbonyl (C=O) groups excluding carboxylic acids is 1. The van der Waals surface area contributed by atoms with Crippen LogP contribution in [0, 0.1) is 5.92 Å². The zero-order chi connectivity index (χ0) is 24.6. The molecule has 9 heteroatoms. The summed E-state index contributed by atoms with van der Waals surface area (Å²) in [6.45, 7) is 2.23. The van der Waals surface area contributed by atoms with Crippen molar-refractivity contribution in [2.75, 3.05) is 26.7 Å². The smallest absolute Gasteiger partial charge is 0.311 e. The first kappa shape index (κ1) is 24.1. The molecule has 1 aliphatic rings. The number of halogens is 1. The maximum absolute atomic E-state index is 13.0. The monoisotopic (exact) mass is 487 g/mol. The van der Waals surface area contributed by atoms with Crippen molar-refractivity contribution in [2.45, 2.75) is 25.4 Å². The second-order valence-electron chi connectivity index (χ2n) is 8.70. The third-order valence-electron chi connectivity index (χ3n) is 6.21. The minimum atomic E-state index is -0.706. The number of esters is 1. The summed E-state index contributed by atoms with van der Waals surface area (Å²) in [6, 6.07) is 9.22. The Hall–Kier alpha value is -3.07. The summed E-state index contributed by atoms with van der Waals surface area (Å²) in [7, 11) is 1.89. The second kappa shape index (κ2) is 9.66. The van der Waals surface area contributed by atoms with E-state index in [9.17, 15) is 24.9 Å². The van der Waals surface area contributed by atoms with E-state index in [4.69, 9.17) is 20.8 Å². The van der Waals surface area contributed by atoms with Gasteiger partial charge in [0.1, 0.15) is 34.3 Å². The standard InChI is InChI=1S/C25H26ClNO7/c1-13(12-28)25(32)34-21-11-27(2)8-7-15(21)22-17(29)9-18(30)23-19(31)10-20(33-24(22)23)14-5-3-4-6-16(14)26/h3-6,9-10,13,15,21,28-30H,7-8,11-12H2,1-2H3/t13-,15-,21+/m0/s1. The highest BCUT2D eigenvalue weighted by atomic mass is 35.5. The summed E-state index contributed by atoms with van der Waals surface area (Å²) in [5, 5.41) is 31.0. The van der Waals surface area contributed by atoms with Gasteiger partial charge in [-0.15, -0.1) is 0 Å². The molecule has 0 amide bonds. The number of fused-ring (bicyclic) bond motifs is 1. The second-order valence-corrected chi connectivity index (χ2v) is 9.11. The van der Waals surface area contributed by atoms with Crippen molar-refractivity contribution in [3.8, 4) is 22.8 Å². The molecular formula is C25H26ClNO7. The largest absolute Gasteiger partial charge is 0.507 e. The highest BCUT2D eigenvalue weighted by Gasteiger charge is 2.37. The summed E-state index contributed by atoms with van der Waals surface area (Å²) in [6.07, 6.45) is -0.178. The molecule has 4 rings (SSSR count). The molecule has 8 nitrogen and oxygen atoms in total. The van der Waals surface area contributed by atoms with Crippen LogP contribution < -0.4 is 5.43 Å². The number of hydrogen-bond donors (Lipinski definition) is 3. The minimum absolute atomic E-state index is 0.0192. The third-order valence-corrected chi connectivity index (χ3v) is 6.54. The van der Waals surface area contributed by atoms with Gasteiger partial charge in [-0.25, -0.2) is 0 Å². The van der Waals surface area contributed by atoms with E-state index in [-0.39, 0.29) is 34.6 Å². The van der Waals surface area contributed by atoms with Crippen molar-refractivity contribution in [1.82, 2.24) is 4.90 Å². The molecule has 1 saturated heterocycles. The molecule has 0 radical (unpaired) electrons. The van der Waals surface area contributed by atoms with Crippen molar-refractivity contribution >= 4 is 28.5 Å². The highest BCUT2D eigenvalue weighted by Crippen LogP contribution is 2.43. The lowest BCUT2D eigenvalue weighted by Crippen LogP contribution is -2.44. The topological polar surface area (TPSA) is 120 Å². The van der Waals surface area contributed by atoms with Crippen LogP contribution in [0.1, 0.15) is 24.8 Å². The van der Waals surface area contributed by atoms with Crippen LogP contribution >= 0.6 is 11.6 Å². The Balaban J connectivity index is 1.90. The van der Waals surface area contributed by atoms with Crippen LogP contribution in [0.2, 0.25) is 5.02 Å². The number of phenolic OH excluding ortho intramolecular Hbond substituents is 2. The van der Waals surface area contributed by atoms with Gasteiger partial charge >= 0.3 is 5.97 Å². The van der Waals surface area contributed by atoms with Gasteiger partial charge in [-0.05, 0) is 39.1 Å². The minimum Gasteiger partial charge on any atom is -0.507 e. The van der Waals surface area contributed by atoms with E-state index in [1.54, 1.807) is 31.2 Å². The normalized spacial score (nSPS) is 19.8. The van der Waals surface area contributed by atoms with Gasteiger partial charge in [0, 0.05) is 35.7 Å². The number of carbonyl (C=O) groups is 1. The lowest BCUT2D eigenvalue weighted by atomic mass is 9.85. The summed E-state index contributed by atoms with van der Waals surface area (Å²) < 4.78 is 11.8. The van der Waals surface area contributed by atoms with Crippen molar-refractivity contribution in [3.05, 3.63) is 57.2 Å². The Labute approximate surface area is 201 Å². The van der Waals surface area contributed by atoms with E-state index in [0.717, 1.165) is 6.07 Å². The van der Waals surface area contributed by atoms with Gasteiger partial charge in [-0.3, -0.25) is 9.59 Å². The Bertz CT molecular complexity index is 1290. The van der Waals surface area contributed by atoms with Crippen LogP contribution in [0.3, 0.4) is 0 Å². The number of aromatic hydroxyl groups is 2. The molecule has 1 aromatic heterocycles. The van der Waals surface area contributed by atoms with E-state index in [1.165, 1.54) is 6.07 Å². The number of likely N-dealkylation sites (tertiary alicyclic amines) is 1. The van der Waals surface area contributed by atoms with Gasteiger partial charge in [-0.2, -0.15) is 0 Å². The van der Waals surface area contributed by atoms with Gasteiger partial charge in [0.05, 0.1) is 17.5 Å². The number of piperidine rings is 1. The quantitative estimate of drug-likeness (QED) is 0.468. The average Bonchev–Trinajstić information content (AvgIpc) is 2.79. The van der Waals surface area contributed by atoms with E-state index >= 15 is 0 Å². The van der Waals surface area contributed by atoms with Crippen molar-refractivity contribution in [1.29, 1.82) is 0 Å². The van der Waals surface area contributed by atoms with Crippen molar-refractivity contribution in [2.24, 2.45) is 5.92 Å². The third kappa shape index (κ3) is 4.49. The van der Waals surface area contributed by atoms with Gasteiger partial charge in [0.15, 0.2) is 5.43 Å². The molecule has 0 spiro atoms. The first-order valence-electron chi connectivity index (χ1n) is 11.0. The molecule has 0 unspecified atom stereocenters. The van der Waals surface area contributed by atoms with E-state index in [1.807, 2.05) is 11.9 Å². The number of aliphatic hydroxyl groups is 1. The SMILES string of the molecule is C[C@@H](CO)C(=O)O[C@@H]1CN(C)CC[C@@H]1c1c(O)cc(O)c2c(=O)cc(-c3ccccc3Cl)oc12. The molecular weight excluding hydrogens is 462 g/mol. The molecule has 180 valence electrons. The fourth-order valence-corrected chi connectivity index (χ4v) is 4.56. The van der Waals surface area contributed by atoms with Gasteiger partial charge in [0.2, 0.25) is 0 Å². The van der Waals surface area contributed by atoms with Gasteiger partial charge in [-0.1, -0.05) is 23.7 Å². The maximum atomic E-state index is 13.0. The van der Waals surface area contributed by atoms with Gasteiger partial charge < -0.3 is 29.4 Å². The first-order chi connectivity index (χ1) is 16.2. The highest BCUT2D eigenvalue weighted by molar-refractivity contribution is 6.33. The fourth-order valence-electron chi connectivity index (χ4n) is 4.33. The number of ether oxygens (including phenoxy) is 1. The predicted molar refractivity (Wildman–Crippen MR) is 127 cm³/mol. The first-order valence-corrected chi connectivity index (χ1v) is 11.4. The van der Waals surface area contributed by atoms with E-state index < -0.39 is 35.1 Å². The number of benzene rings is 2. The molecule has 2 aromatic carbocycles. The number of hydrogen-bond acceptors (Lipinski definition) is 8. The summed E-state index contributed by atoms with van der Waals surface area (Å²) in [5.74, 6) is -2.28. The Morgan fingerprint density at radius 2 is 2.00 bits per heavy atom. The molecule has 1 aliphatic heterocycles. The molecule has 1 fully saturated rings. The van der Waals surface area contributed by atoms with Crippen LogP contribution in [0.4, 0.5) is 0 Å². The average molecular weight is 488 g/mol. The maximum Gasteiger partial charge on any atom is 0.311 e. The molecule has 2 heterocycles. The number of rotatable bonds is 5. The molecule has 0 saturated carbocycles. The molecule has 3 aromatic rings. The van der Waals surface area contributed by atoms with Crippen molar-refractivity contribution in [3.63, 3.8) is 0 Å². The van der Waals surface area contributed by atoms with Crippen LogP contribution in [-0.2, 0) is 9.53 Å². The number of likely N-dealkylation sites (N-methyl/N-ethyl adjacent to an activating group) is 1. The summed E-state index contributed by atoms with van der Waals surface area (Å²) in [5.41, 5.74) is 0.289. The molecule has 3 atom stereocenters. The number of aliphatic hydroxyl groups excluding tert-OH is 1. The zero-order valence-corrected chi connectivity index (χ0v) is 19.6. The number of phenols is 2. The Morgan fingerprint density at radius 3 is 2.71 bits per heavy atom. The number of nitrogens with zero attached hydrogens (tertiary/aromatic N) is 1. The molecule has 34 heavy (non-hydrogen) atoms. The molecule has 3 N–H and O–H groups in total. The lowest BCUT2D eigenvalue weighted by molar-refractivity contribution is -0.158. The molecule has 0 aliphatic carbocycles.